The van der Waals surface area contributed by atoms with E-state index in [0.29, 0.717) is 12.2 Å². The summed E-state index contributed by atoms with van der Waals surface area (Å²) in [5.41, 5.74) is 2.78. The van der Waals surface area contributed by atoms with Crippen LogP contribution in [0.5, 0.6) is 5.75 Å². The molecule has 0 aliphatic carbocycles. The molecular formula is C11H8BrNO. The highest BCUT2D eigenvalue weighted by molar-refractivity contribution is 9.10. The number of hydrogen-bond donors (Lipinski definition) is 0. The first-order valence-electron chi connectivity index (χ1n) is 4.24. The van der Waals surface area contributed by atoms with Gasteiger partial charge in [0.2, 0.25) is 0 Å². The van der Waals surface area contributed by atoms with Crippen LogP contribution in [-0.4, -0.2) is 6.61 Å². The maximum absolute atomic E-state index is 8.75. The molecule has 0 spiro atoms. The minimum atomic E-state index is 0.366. The lowest BCUT2D eigenvalue weighted by molar-refractivity contribution is 0.349. The van der Waals surface area contributed by atoms with E-state index >= 15 is 0 Å². The molecule has 1 heterocycles. The van der Waals surface area contributed by atoms with Gasteiger partial charge < -0.3 is 4.74 Å². The Morgan fingerprint density at radius 2 is 2.29 bits per heavy atom. The number of rotatable bonds is 0. The number of nitriles is 1. The van der Waals surface area contributed by atoms with Crippen LogP contribution in [0, 0.1) is 18.3 Å². The minimum Gasteiger partial charge on any atom is -0.486 e. The summed E-state index contributed by atoms with van der Waals surface area (Å²) < 4.78 is 6.42. The predicted molar refractivity (Wildman–Crippen MR) is 58.0 cm³/mol. The molecule has 0 amide bonds. The van der Waals surface area contributed by atoms with Crippen molar-refractivity contribution in [1.29, 1.82) is 5.26 Å². The van der Waals surface area contributed by atoms with Crippen molar-refractivity contribution in [3.05, 3.63) is 33.3 Å². The van der Waals surface area contributed by atoms with Crippen molar-refractivity contribution in [2.75, 3.05) is 6.61 Å². The number of nitrogens with zero attached hydrogens (tertiary/aromatic N) is 1. The van der Waals surface area contributed by atoms with Gasteiger partial charge >= 0.3 is 0 Å². The Bertz CT molecular complexity index is 457. The van der Waals surface area contributed by atoms with Crippen molar-refractivity contribution in [1.82, 2.24) is 0 Å². The summed E-state index contributed by atoms with van der Waals surface area (Å²) in [6.45, 7) is 2.38. The van der Waals surface area contributed by atoms with E-state index < -0.39 is 0 Å². The van der Waals surface area contributed by atoms with Crippen molar-refractivity contribution in [2.24, 2.45) is 0 Å². The van der Waals surface area contributed by atoms with Gasteiger partial charge in [0, 0.05) is 5.56 Å². The Morgan fingerprint density at radius 3 is 3.00 bits per heavy atom. The Kier molecular flexibility index (Phi) is 2.30. The van der Waals surface area contributed by atoms with Crippen LogP contribution in [0.4, 0.5) is 0 Å². The molecule has 0 fully saturated rings. The summed E-state index contributed by atoms with van der Waals surface area (Å²) in [5, 5.41) is 8.75. The molecule has 0 N–H and O–H groups in total. The fourth-order valence-corrected chi connectivity index (χ4v) is 2.16. The van der Waals surface area contributed by atoms with Gasteiger partial charge in [-0.2, -0.15) is 5.26 Å². The topological polar surface area (TPSA) is 33.0 Å². The molecule has 0 aromatic heterocycles. The highest BCUT2D eigenvalue weighted by Crippen LogP contribution is 2.34. The summed E-state index contributed by atoms with van der Waals surface area (Å²) in [6.07, 6.45) is 1.87. The predicted octanol–water partition coefficient (Wildman–Crippen LogP) is 3.06. The Morgan fingerprint density at radius 1 is 1.50 bits per heavy atom. The molecule has 1 aliphatic rings. The SMILES string of the molecule is Cc1cc(Br)c2c(c1)C=C(C#N)CO2. The molecule has 2 rings (SSSR count). The second-order valence-electron chi connectivity index (χ2n) is 3.24. The first-order valence-corrected chi connectivity index (χ1v) is 5.03. The molecule has 0 unspecified atom stereocenters. The van der Waals surface area contributed by atoms with Crippen LogP contribution < -0.4 is 4.74 Å². The number of aryl methyl sites for hydroxylation is 1. The van der Waals surface area contributed by atoms with E-state index in [-0.39, 0.29) is 0 Å². The van der Waals surface area contributed by atoms with Gasteiger partial charge in [-0.25, -0.2) is 0 Å². The average molecular weight is 250 g/mol. The first kappa shape index (κ1) is 9.29. The maximum atomic E-state index is 8.75. The van der Waals surface area contributed by atoms with Gasteiger partial charge in [-0.15, -0.1) is 0 Å². The lowest BCUT2D eigenvalue weighted by Gasteiger charge is -2.16. The fourth-order valence-electron chi connectivity index (χ4n) is 1.46. The number of ether oxygens (including phenoxy) is 1. The Balaban J connectivity index is 2.59. The van der Waals surface area contributed by atoms with Crippen molar-refractivity contribution < 1.29 is 4.74 Å². The lowest BCUT2D eigenvalue weighted by Crippen LogP contribution is -2.06. The van der Waals surface area contributed by atoms with Crippen LogP contribution in [0.25, 0.3) is 6.08 Å². The van der Waals surface area contributed by atoms with Crippen LogP contribution in [0.2, 0.25) is 0 Å². The molecule has 70 valence electrons. The van der Waals surface area contributed by atoms with Gasteiger partial charge in [0.25, 0.3) is 0 Å². The zero-order valence-electron chi connectivity index (χ0n) is 7.67. The molecule has 0 saturated carbocycles. The molecule has 1 aliphatic heterocycles. The standard InChI is InChI=1S/C11H8BrNO/c1-7-2-9-4-8(5-13)6-14-11(9)10(12)3-7/h2-4H,6H2,1H3. The van der Waals surface area contributed by atoms with E-state index in [4.69, 9.17) is 10.00 Å². The number of hydrogen-bond acceptors (Lipinski definition) is 2. The quantitative estimate of drug-likeness (QED) is 0.708. The normalized spacial score (nSPS) is 13.6. The van der Waals surface area contributed by atoms with Gasteiger partial charge in [-0.1, -0.05) is 0 Å². The second-order valence-corrected chi connectivity index (χ2v) is 4.09. The molecule has 0 atom stereocenters. The molecule has 3 heteroatoms. The highest BCUT2D eigenvalue weighted by Gasteiger charge is 2.14. The first-order chi connectivity index (χ1) is 6.70. The van der Waals surface area contributed by atoms with Crippen LogP contribution >= 0.6 is 15.9 Å². The molecule has 0 bridgehead atoms. The minimum absolute atomic E-state index is 0.366. The van der Waals surface area contributed by atoms with Gasteiger partial charge in [-0.05, 0) is 46.6 Å². The Labute approximate surface area is 90.9 Å². The van der Waals surface area contributed by atoms with Crippen molar-refractivity contribution in [3.63, 3.8) is 0 Å². The molecular weight excluding hydrogens is 242 g/mol. The molecule has 0 radical (unpaired) electrons. The summed E-state index contributed by atoms with van der Waals surface area (Å²) in [7, 11) is 0. The third-order valence-corrected chi connectivity index (χ3v) is 2.65. The largest absolute Gasteiger partial charge is 0.486 e. The molecule has 1 aromatic carbocycles. The van der Waals surface area contributed by atoms with E-state index in [1.807, 2.05) is 25.1 Å². The summed E-state index contributed by atoms with van der Waals surface area (Å²) in [4.78, 5) is 0. The number of fused-ring (bicyclic) bond motifs is 1. The average Bonchev–Trinajstić information content (AvgIpc) is 2.16. The zero-order valence-corrected chi connectivity index (χ0v) is 9.26. The van der Waals surface area contributed by atoms with Crippen molar-refractivity contribution >= 4 is 22.0 Å². The van der Waals surface area contributed by atoms with Gasteiger partial charge in [0.05, 0.1) is 16.1 Å². The van der Waals surface area contributed by atoms with E-state index in [0.717, 1.165) is 21.3 Å². The molecule has 2 nitrogen and oxygen atoms in total. The van der Waals surface area contributed by atoms with Crippen molar-refractivity contribution in [2.45, 2.75) is 6.92 Å². The summed E-state index contributed by atoms with van der Waals surface area (Å²) in [6, 6.07) is 6.12. The van der Waals surface area contributed by atoms with Crippen LogP contribution in [0.1, 0.15) is 11.1 Å². The van der Waals surface area contributed by atoms with Gasteiger partial charge in [0.1, 0.15) is 12.4 Å². The second kappa shape index (κ2) is 3.47. The number of benzene rings is 1. The van der Waals surface area contributed by atoms with E-state index in [2.05, 4.69) is 22.0 Å². The molecule has 0 saturated heterocycles. The number of halogens is 1. The lowest BCUT2D eigenvalue weighted by atomic mass is 10.1. The summed E-state index contributed by atoms with van der Waals surface area (Å²) >= 11 is 3.44. The molecule has 1 aromatic rings. The van der Waals surface area contributed by atoms with E-state index in [1.54, 1.807) is 0 Å². The van der Waals surface area contributed by atoms with Gasteiger partial charge in [-0.3, -0.25) is 0 Å². The van der Waals surface area contributed by atoms with Crippen LogP contribution in [-0.2, 0) is 0 Å². The summed E-state index contributed by atoms with van der Waals surface area (Å²) in [5.74, 6) is 0.828. The van der Waals surface area contributed by atoms with Crippen LogP contribution in [0.15, 0.2) is 22.2 Å². The van der Waals surface area contributed by atoms with E-state index in [9.17, 15) is 0 Å². The highest BCUT2D eigenvalue weighted by atomic mass is 79.9. The maximum Gasteiger partial charge on any atom is 0.141 e. The Hall–Kier alpha value is -1.27. The van der Waals surface area contributed by atoms with Crippen LogP contribution in [0.3, 0.4) is 0 Å². The van der Waals surface area contributed by atoms with E-state index in [1.165, 1.54) is 0 Å². The smallest absolute Gasteiger partial charge is 0.141 e. The monoisotopic (exact) mass is 249 g/mol. The molecule has 14 heavy (non-hydrogen) atoms. The fraction of sp³-hybridized carbons (Fsp3) is 0.182. The van der Waals surface area contributed by atoms with Crippen molar-refractivity contribution in [3.8, 4) is 11.8 Å². The third-order valence-electron chi connectivity index (χ3n) is 2.06. The zero-order chi connectivity index (χ0) is 10.1. The van der Waals surface area contributed by atoms with Gasteiger partial charge in [0.15, 0.2) is 0 Å². The third kappa shape index (κ3) is 1.53.